The van der Waals surface area contributed by atoms with Crippen LogP contribution in [0, 0.1) is 0 Å². The molecule has 9 heteroatoms. The standard InChI is InChI=1S/C16H34S9/c1-2-4-23-14(8-18)11-21-6-7-25-16(10-20)13-22-12-15(9-19)24-5-3-17/h14-20H,2-13H2,1H3. The first-order valence-corrected chi connectivity index (χ1v) is 16.6. The van der Waals surface area contributed by atoms with Crippen LogP contribution >= 0.6 is 109 Å². The van der Waals surface area contributed by atoms with Gasteiger partial charge in [-0.1, -0.05) is 6.92 Å². The summed E-state index contributed by atoms with van der Waals surface area (Å²) in [4.78, 5) is 0. The predicted molar refractivity (Wildman–Crippen MR) is 149 cm³/mol. The Morgan fingerprint density at radius 2 is 1.08 bits per heavy atom. The Morgan fingerprint density at radius 1 is 0.600 bits per heavy atom. The van der Waals surface area contributed by atoms with E-state index in [9.17, 15) is 0 Å². The van der Waals surface area contributed by atoms with Crippen molar-refractivity contribution in [1.29, 1.82) is 0 Å². The Morgan fingerprint density at radius 3 is 1.56 bits per heavy atom. The van der Waals surface area contributed by atoms with Crippen LogP contribution in [0.25, 0.3) is 0 Å². The molecule has 3 unspecified atom stereocenters. The van der Waals surface area contributed by atoms with E-state index in [0.717, 1.165) is 28.8 Å². The fraction of sp³-hybridized carbons (Fsp3) is 1.00. The van der Waals surface area contributed by atoms with Crippen molar-refractivity contribution in [3.8, 4) is 0 Å². The molecule has 0 amide bonds. The molecule has 0 rings (SSSR count). The summed E-state index contributed by atoms with van der Waals surface area (Å²) in [7, 11) is 0. The van der Waals surface area contributed by atoms with Crippen molar-refractivity contribution >= 4 is 109 Å². The van der Waals surface area contributed by atoms with E-state index in [-0.39, 0.29) is 0 Å². The SMILES string of the molecule is CCCSC(CS)CSCCSC(CS)CSCC(CS)SCCS. The molecule has 0 aliphatic heterocycles. The number of thioether (sulfide) groups is 5. The Hall–Kier alpha value is 3.15. The van der Waals surface area contributed by atoms with Crippen LogP contribution in [0.5, 0.6) is 0 Å². The normalized spacial score (nSPS) is 15.2. The second-order valence-electron chi connectivity index (χ2n) is 5.36. The van der Waals surface area contributed by atoms with Gasteiger partial charge in [-0.3, -0.25) is 0 Å². The van der Waals surface area contributed by atoms with E-state index >= 15 is 0 Å². The average molecular weight is 515 g/mol. The lowest BCUT2D eigenvalue weighted by Gasteiger charge is -2.17. The van der Waals surface area contributed by atoms with E-state index in [4.69, 9.17) is 0 Å². The molecule has 0 aliphatic rings. The van der Waals surface area contributed by atoms with Gasteiger partial charge in [-0.15, -0.1) is 0 Å². The Bertz CT molecular complexity index is 268. The minimum Gasteiger partial charge on any atom is -0.179 e. The van der Waals surface area contributed by atoms with Crippen molar-refractivity contribution in [1.82, 2.24) is 0 Å². The van der Waals surface area contributed by atoms with E-state index in [1.807, 2.05) is 11.8 Å². The maximum absolute atomic E-state index is 4.55. The maximum Gasteiger partial charge on any atom is 0.0226 e. The lowest BCUT2D eigenvalue weighted by atomic mass is 10.5. The van der Waals surface area contributed by atoms with Crippen LogP contribution in [0.15, 0.2) is 0 Å². The van der Waals surface area contributed by atoms with Crippen LogP contribution in [0.2, 0.25) is 0 Å². The van der Waals surface area contributed by atoms with E-state index in [2.05, 4.69) is 104 Å². The van der Waals surface area contributed by atoms with Crippen LogP contribution in [0.3, 0.4) is 0 Å². The fourth-order valence-electron chi connectivity index (χ4n) is 1.78. The first-order chi connectivity index (χ1) is 12.2. The molecule has 0 heterocycles. The summed E-state index contributed by atoms with van der Waals surface area (Å²) in [6.07, 6.45) is 1.26. The molecule has 0 aliphatic carbocycles. The molecule has 0 saturated carbocycles. The summed E-state index contributed by atoms with van der Waals surface area (Å²) in [5, 5.41) is 2.03. The Kier molecular flexibility index (Phi) is 24.6. The molecule has 25 heavy (non-hydrogen) atoms. The summed E-state index contributed by atoms with van der Waals surface area (Å²) in [6, 6.07) is 0. The van der Waals surface area contributed by atoms with Gasteiger partial charge in [0.1, 0.15) is 0 Å². The highest BCUT2D eigenvalue weighted by Gasteiger charge is 2.12. The van der Waals surface area contributed by atoms with Crippen molar-refractivity contribution in [2.24, 2.45) is 0 Å². The third-order valence-corrected chi connectivity index (χ3v) is 12.9. The van der Waals surface area contributed by atoms with Gasteiger partial charge in [-0.2, -0.15) is 109 Å². The Labute approximate surface area is 199 Å². The Balaban J connectivity index is 3.73. The smallest absolute Gasteiger partial charge is 0.0226 e. The number of hydrogen-bond acceptors (Lipinski definition) is 9. The van der Waals surface area contributed by atoms with Gasteiger partial charge < -0.3 is 0 Å². The second kappa shape index (κ2) is 21.8. The molecule has 0 aromatic rings. The molecule has 0 saturated heterocycles. The van der Waals surface area contributed by atoms with Gasteiger partial charge in [0.2, 0.25) is 0 Å². The summed E-state index contributed by atoms with van der Waals surface area (Å²) in [6.45, 7) is 2.25. The quantitative estimate of drug-likeness (QED) is 0.125. The molecule has 152 valence electrons. The highest BCUT2D eigenvalue weighted by molar-refractivity contribution is 8.07. The van der Waals surface area contributed by atoms with Crippen LogP contribution in [-0.4, -0.2) is 79.0 Å². The van der Waals surface area contributed by atoms with Crippen molar-refractivity contribution in [2.45, 2.75) is 29.1 Å². The summed E-state index contributed by atoms with van der Waals surface area (Å²) < 4.78 is 0. The summed E-state index contributed by atoms with van der Waals surface area (Å²) in [5.41, 5.74) is 0. The van der Waals surface area contributed by atoms with Crippen molar-refractivity contribution in [3.63, 3.8) is 0 Å². The molecule has 0 fully saturated rings. The largest absolute Gasteiger partial charge is 0.179 e. The van der Waals surface area contributed by atoms with E-state index in [1.165, 1.54) is 40.9 Å². The van der Waals surface area contributed by atoms with Gasteiger partial charge in [0.25, 0.3) is 0 Å². The molecule has 0 aromatic carbocycles. The second-order valence-corrected chi connectivity index (χ2v) is 13.4. The van der Waals surface area contributed by atoms with Crippen LogP contribution in [0.4, 0.5) is 0 Å². The highest BCUT2D eigenvalue weighted by atomic mass is 32.2. The van der Waals surface area contributed by atoms with Crippen LogP contribution in [-0.2, 0) is 0 Å². The van der Waals surface area contributed by atoms with Gasteiger partial charge in [0, 0.05) is 67.5 Å². The molecular weight excluding hydrogens is 481 g/mol. The van der Waals surface area contributed by atoms with Crippen molar-refractivity contribution in [2.75, 3.05) is 63.3 Å². The molecule has 3 atom stereocenters. The predicted octanol–water partition coefficient (Wildman–Crippen LogP) is 5.89. The number of rotatable bonds is 19. The molecule has 0 nitrogen and oxygen atoms in total. The van der Waals surface area contributed by atoms with Crippen molar-refractivity contribution in [3.05, 3.63) is 0 Å². The van der Waals surface area contributed by atoms with E-state index in [0.29, 0.717) is 15.7 Å². The molecule has 0 N–H and O–H groups in total. The van der Waals surface area contributed by atoms with E-state index < -0.39 is 0 Å². The summed E-state index contributed by atoms with van der Waals surface area (Å²) >= 11 is 28.1. The monoisotopic (exact) mass is 514 g/mol. The first-order valence-electron chi connectivity index (χ1n) is 8.65. The topological polar surface area (TPSA) is 0 Å². The van der Waals surface area contributed by atoms with Crippen LogP contribution < -0.4 is 0 Å². The first kappa shape index (κ1) is 28.1. The van der Waals surface area contributed by atoms with Crippen LogP contribution in [0.1, 0.15) is 13.3 Å². The zero-order valence-corrected chi connectivity index (χ0v) is 22.7. The average Bonchev–Trinajstić information content (AvgIpc) is 2.64. The third-order valence-electron chi connectivity index (χ3n) is 3.11. The third kappa shape index (κ3) is 17.7. The molecular formula is C16H34S9. The van der Waals surface area contributed by atoms with E-state index in [1.54, 1.807) is 0 Å². The van der Waals surface area contributed by atoms with Gasteiger partial charge in [-0.25, -0.2) is 0 Å². The minimum absolute atomic E-state index is 0.653. The molecule has 0 spiro atoms. The van der Waals surface area contributed by atoms with Gasteiger partial charge in [-0.05, 0) is 17.9 Å². The molecule has 0 bridgehead atoms. The lowest BCUT2D eigenvalue weighted by molar-refractivity contribution is 1.08. The zero-order valence-electron chi connectivity index (χ0n) is 15.0. The zero-order chi connectivity index (χ0) is 18.8. The number of thiol groups is 4. The van der Waals surface area contributed by atoms with Gasteiger partial charge in [0.15, 0.2) is 0 Å². The maximum atomic E-state index is 4.55. The van der Waals surface area contributed by atoms with Crippen molar-refractivity contribution < 1.29 is 0 Å². The lowest BCUT2D eigenvalue weighted by Crippen LogP contribution is -2.15. The molecule has 0 radical (unpaired) electrons. The van der Waals surface area contributed by atoms with Gasteiger partial charge in [0.05, 0.1) is 0 Å². The highest BCUT2D eigenvalue weighted by Crippen LogP contribution is 2.24. The minimum atomic E-state index is 0.653. The fourth-order valence-corrected chi connectivity index (χ4v) is 9.94. The van der Waals surface area contributed by atoms with Gasteiger partial charge >= 0.3 is 0 Å². The molecule has 0 aromatic heterocycles. The number of hydrogen-bond donors (Lipinski definition) is 4. The summed E-state index contributed by atoms with van der Waals surface area (Å²) in [5.74, 6) is 12.4.